The van der Waals surface area contributed by atoms with Crippen LogP contribution in [0.5, 0.6) is 0 Å². The van der Waals surface area contributed by atoms with E-state index in [1.54, 1.807) is 14.2 Å². The zero-order valence-electron chi connectivity index (χ0n) is 12.6. The van der Waals surface area contributed by atoms with Gasteiger partial charge in [0.2, 0.25) is 0 Å². The molecule has 0 radical (unpaired) electrons. The van der Waals surface area contributed by atoms with E-state index in [2.05, 4.69) is 19.2 Å². The molecule has 4 nitrogen and oxygen atoms in total. The second-order valence-electron chi connectivity index (χ2n) is 4.50. The molecule has 0 fully saturated rings. The van der Waals surface area contributed by atoms with Crippen LogP contribution in [0.25, 0.3) is 0 Å². The van der Waals surface area contributed by atoms with E-state index in [9.17, 15) is 0 Å². The van der Waals surface area contributed by atoms with Crippen molar-refractivity contribution in [3.63, 3.8) is 0 Å². The smallest absolute Gasteiger partial charge is 0.377 e. The van der Waals surface area contributed by atoms with Crippen LogP contribution in [-0.4, -0.2) is 42.7 Å². The summed E-state index contributed by atoms with van der Waals surface area (Å²) in [7, 11) is 1.01. The van der Waals surface area contributed by atoms with Crippen molar-refractivity contribution in [3.05, 3.63) is 0 Å². The van der Waals surface area contributed by atoms with Gasteiger partial charge in [0, 0.05) is 26.9 Å². The van der Waals surface area contributed by atoms with Crippen molar-refractivity contribution in [2.45, 2.75) is 52.0 Å². The topological polar surface area (TPSA) is 39.7 Å². The van der Waals surface area contributed by atoms with Crippen molar-refractivity contribution in [3.8, 4) is 0 Å². The van der Waals surface area contributed by atoms with Crippen LogP contribution < -0.4 is 5.32 Å². The maximum atomic E-state index is 5.90. The lowest BCUT2D eigenvalue weighted by Crippen LogP contribution is -2.44. The molecule has 5 heteroatoms. The van der Waals surface area contributed by atoms with Crippen LogP contribution >= 0.6 is 0 Å². The molecule has 0 heterocycles. The Balaban J connectivity index is 3.85. The predicted octanol–water partition coefficient (Wildman–Crippen LogP) is 2.81. The molecule has 0 aliphatic rings. The summed E-state index contributed by atoms with van der Waals surface area (Å²) >= 11 is 0. The van der Waals surface area contributed by atoms with E-state index in [-0.39, 0.29) is 0 Å². The van der Waals surface area contributed by atoms with Gasteiger partial charge in [-0.15, -0.1) is 0 Å². The second-order valence-corrected chi connectivity index (χ2v) is 7.47. The van der Waals surface area contributed by atoms with E-state index < -0.39 is 8.80 Å². The Bertz CT molecular complexity index is 178. The highest BCUT2D eigenvalue weighted by Gasteiger charge is 2.37. The molecular formula is C13H31NO3Si. The summed E-state index contributed by atoms with van der Waals surface area (Å²) in [6.45, 7) is 7.20. The lowest BCUT2D eigenvalue weighted by atomic mass is 10.3. The second kappa shape index (κ2) is 12.1. The summed E-state index contributed by atoms with van der Waals surface area (Å²) in [5.41, 5.74) is 0. The molecular weight excluding hydrogens is 246 g/mol. The molecule has 0 unspecified atom stereocenters. The third-order valence-electron chi connectivity index (χ3n) is 2.96. The van der Waals surface area contributed by atoms with E-state index in [1.165, 1.54) is 19.3 Å². The van der Waals surface area contributed by atoms with E-state index in [1.807, 2.05) is 0 Å². The first-order valence-corrected chi connectivity index (χ1v) is 9.12. The standard InChI is InChI=1S/C13H31NO3Si/c1-5-7-8-12-17-18(15-3,16-4)13-9-11-14-10-6-2/h14H,5-13H2,1-4H3. The summed E-state index contributed by atoms with van der Waals surface area (Å²) in [5, 5.41) is 3.39. The Morgan fingerprint density at radius 3 is 2.17 bits per heavy atom. The fraction of sp³-hybridized carbons (Fsp3) is 1.00. The minimum Gasteiger partial charge on any atom is -0.377 e. The maximum absolute atomic E-state index is 5.90. The van der Waals surface area contributed by atoms with Crippen LogP contribution in [0.1, 0.15) is 46.0 Å². The van der Waals surface area contributed by atoms with Gasteiger partial charge in [-0.3, -0.25) is 0 Å². The molecule has 0 amide bonds. The Morgan fingerprint density at radius 2 is 1.61 bits per heavy atom. The van der Waals surface area contributed by atoms with Gasteiger partial charge in [-0.1, -0.05) is 26.7 Å². The van der Waals surface area contributed by atoms with Crippen molar-refractivity contribution < 1.29 is 13.3 Å². The van der Waals surface area contributed by atoms with Gasteiger partial charge < -0.3 is 18.6 Å². The average Bonchev–Trinajstić information content (AvgIpc) is 2.41. The van der Waals surface area contributed by atoms with Gasteiger partial charge >= 0.3 is 8.80 Å². The van der Waals surface area contributed by atoms with E-state index in [0.29, 0.717) is 0 Å². The molecule has 0 bridgehead atoms. The minimum absolute atomic E-state index is 0.754. The zero-order chi connectivity index (χ0) is 13.7. The van der Waals surface area contributed by atoms with E-state index in [4.69, 9.17) is 13.3 Å². The maximum Gasteiger partial charge on any atom is 0.500 e. The van der Waals surface area contributed by atoms with Gasteiger partial charge in [-0.2, -0.15) is 0 Å². The summed E-state index contributed by atoms with van der Waals surface area (Å²) in [5.74, 6) is 0. The molecule has 0 aliphatic carbocycles. The van der Waals surface area contributed by atoms with Crippen molar-refractivity contribution in [2.75, 3.05) is 33.9 Å². The molecule has 0 saturated heterocycles. The highest BCUT2D eigenvalue weighted by atomic mass is 28.4. The largest absolute Gasteiger partial charge is 0.500 e. The molecule has 0 saturated carbocycles. The first-order valence-electron chi connectivity index (χ1n) is 7.19. The van der Waals surface area contributed by atoms with Gasteiger partial charge in [0.15, 0.2) is 0 Å². The van der Waals surface area contributed by atoms with Gasteiger partial charge in [0.1, 0.15) is 0 Å². The molecule has 110 valence electrons. The zero-order valence-corrected chi connectivity index (χ0v) is 13.6. The van der Waals surface area contributed by atoms with Gasteiger partial charge in [0.25, 0.3) is 0 Å². The highest BCUT2D eigenvalue weighted by molar-refractivity contribution is 6.60. The summed E-state index contributed by atoms with van der Waals surface area (Å²) < 4.78 is 17.0. The molecule has 0 rings (SSSR count). The number of nitrogens with one attached hydrogen (secondary N) is 1. The molecule has 0 aromatic heterocycles. The molecule has 0 aromatic carbocycles. The van der Waals surface area contributed by atoms with Crippen LogP contribution in [0.15, 0.2) is 0 Å². The van der Waals surface area contributed by atoms with Gasteiger partial charge in [-0.25, -0.2) is 0 Å². The van der Waals surface area contributed by atoms with Crippen LogP contribution in [0.4, 0.5) is 0 Å². The van der Waals surface area contributed by atoms with Crippen molar-refractivity contribution in [1.29, 1.82) is 0 Å². The first-order chi connectivity index (χ1) is 8.74. The fourth-order valence-electron chi connectivity index (χ4n) is 1.79. The third kappa shape index (κ3) is 8.21. The summed E-state index contributed by atoms with van der Waals surface area (Å²) in [4.78, 5) is 0. The monoisotopic (exact) mass is 277 g/mol. The average molecular weight is 277 g/mol. The van der Waals surface area contributed by atoms with Crippen LogP contribution in [0, 0.1) is 0 Å². The fourth-order valence-corrected chi connectivity index (χ4v) is 3.81. The van der Waals surface area contributed by atoms with Crippen molar-refractivity contribution >= 4 is 8.80 Å². The summed E-state index contributed by atoms with van der Waals surface area (Å²) in [6.07, 6.45) is 5.72. The molecule has 0 atom stereocenters. The van der Waals surface area contributed by atoms with E-state index >= 15 is 0 Å². The van der Waals surface area contributed by atoms with Gasteiger partial charge in [-0.05, 0) is 32.4 Å². The van der Waals surface area contributed by atoms with E-state index in [0.717, 1.165) is 38.6 Å². The third-order valence-corrected chi connectivity index (χ3v) is 5.81. The van der Waals surface area contributed by atoms with Crippen LogP contribution in [0.3, 0.4) is 0 Å². The SMILES string of the molecule is CCCCCO[Si](CCCNCCC)(OC)OC. The lowest BCUT2D eigenvalue weighted by molar-refractivity contribution is 0.0959. The molecule has 0 spiro atoms. The van der Waals surface area contributed by atoms with Crippen LogP contribution in [0.2, 0.25) is 6.04 Å². The number of hydrogen-bond donors (Lipinski definition) is 1. The Kier molecular flexibility index (Phi) is 12.1. The van der Waals surface area contributed by atoms with Crippen molar-refractivity contribution in [1.82, 2.24) is 5.32 Å². The van der Waals surface area contributed by atoms with Crippen molar-refractivity contribution in [2.24, 2.45) is 0 Å². The Labute approximate surface area is 114 Å². The quantitative estimate of drug-likeness (QED) is 0.415. The number of rotatable bonds is 13. The van der Waals surface area contributed by atoms with Crippen LogP contribution in [-0.2, 0) is 13.3 Å². The molecule has 0 aliphatic heterocycles. The first kappa shape index (κ1) is 18.1. The normalized spacial score (nSPS) is 12.0. The molecule has 0 aromatic rings. The number of hydrogen-bond acceptors (Lipinski definition) is 4. The number of unbranched alkanes of at least 4 members (excludes halogenated alkanes) is 2. The van der Waals surface area contributed by atoms with Gasteiger partial charge in [0.05, 0.1) is 0 Å². The molecule has 18 heavy (non-hydrogen) atoms. The lowest BCUT2D eigenvalue weighted by Gasteiger charge is -2.26. The highest BCUT2D eigenvalue weighted by Crippen LogP contribution is 2.16. The Morgan fingerprint density at radius 1 is 0.889 bits per heavy atom. The predicted molar refractivity (Wildman–Crippen MR) is 77.8 cm³/mol. The Hall–Kier alpha value is 0.0569. The minimum atomic E-state index is -2.39. The molecule has 1 N–H and O–H groups in total. The summed E-state index contributed by atoms with van der Waals surface area (Å²) in [6, 6.07) is 0.892.